The Labute approximate surface area is 603 Å². The predicted octanol–water partition coefficient (Wildman–Crippen LogP) is 20.4. The molecule has 11 rings (SSSR count). The van der Waals surface area contributed by atoms with Crippen LogP contribution in [0.3, 0.4) is 0 Å². The molecule has 4 aliphatic carbocycles. The van der Waals surface area contributed by atoms with Gasteiger partial charge in [0.1, 0.15) is 36.1 Å². The van der Waals surface area contributed by atoms with E-state index in [0.717, 1.165) is 69.9 Å². The SMILES string of the molecule is C[Si](C)(C)CCOCn1cnc(-c2cc(Cl)ccc2Cl)c1C1CC1.C[Si](C)(C)CCOCn1cnc(Br)c1C1CC1.C[Si](C)(C)CCOCn1cnc(C2CC2)c1-c1cc(Cl)ccc1Cl.C[Si](C)(C)CCOCn1cnc(C2CC2)c1Br.OB(O)c1cc(Cl)ccc1Cl. The molecule has 93 heavy (non-hydrogen) atoms. The summed E-state index contributed by atoms with van der Waals surface area (Å²) >= 11 is 43.5. The first-order valence-corrected chi connectivity index (χ1v) is 51.0. The number of hydrogen-bond donors (Lipinski definition) is 2. The summed E-state index contributed by atoms with van der Waals surface area (Å²) in [6.07, 6.45) is 17.4. The highest BCUT2D eigenvalue weighted by atomic mass is 79.9. The van der Waals surface area contributed by atoms with Crippen LogP contribution in [0.25, 0.3) is 22.5 Å². The van der Waals surface area contributed by atoms with Crippen molar-refractivity contribution in [3.05, 3.63) is 142 Å². The summed E-state index contributed by atoms with van der Waals surface area (Å²) in [6.45, 7) is 34.0. The normalized spacial score (nSPS) is 14.9. The highest BCUT2D eigenvalue weighted by molar-refractivity contribution is 9.10. The summed E-state index contributed by atoms with van der Waals surface area (Å²) in [5.41, 5.74) is 8.94. The first-order chi connectivity index (χ1) is 43.8. The van der Waals surface area contributed by atoms with Crippen molar-refractivity contribution in [2.75, 3.05) is 26.4 Å². The average Bonchev–Trinajstić information content (AvgIpc) is 1.65. The van der Waals surface area contributed by atoms with Crippen LogP contribution in [0.15, 0.2) is 89.1 Å². The number of ether oxygens (including phenoxy) is 4. The second-order valence-corrected chi connectivity index (χ2v) is 56.0. The molecular weight excluding hydrogens is 1500 g/mol. The highest BCUT2D eigenvalue weighted by Crippen LogP contribution is 2.48. The highest BCUT2D eigenvalue weighted by Gasteiger charge is 2.34. The van der Waals surface area contributed by atoms with Crippen molar-refractivity contribution in [1.29, 1.82) is 0 Å². The van der Waals surface area contributed by atoms with Crippen molar-refractivity contribution in [2.45, 2.75) is 205 Å². The van der Waals surface area contributed by atoms with Crippen molar-refractivity contribution in [3.63, 3.8) is 0 Å². The van der Waals surface area contributed by atoms with Gasteiger partial charge in [0, 0.05) is 119 Å². The second kappa shape index (κ2) is 35.8. The second-order valence-electron chi connectivity index (χ2n) is 29.5. The standard InChI is InChI=1S/2C18H24Cl2N2OSi.2C12H21BrN2OSi.C6H5BCl2O2/c1-24(2,3)9-8-23-12-22-11-21-17(18(22)13-4-5-13)15-10-14(19)6-7-16(15)20;1-24(2,3)9-8-23-12-22-11-21-17(13-4-5-13)18(22)15-10-14(19)6-7-16(15)20;1-17(2,3)7-6-16-9-15-8-14-12(13)11(15)10-4-5-10;1-17(2,3)7-6-16-9-15-8-14-11(12(15)13)10-4-5-10;8-4-1-2-6(9)5(3-4)7(10)11/h2*6-7,10-11,13H,4-5,8-9,12H2,1-3H3;2*8,10H,4-7,9H2,1-3H3;1-3,10-11H. The number of halogens is 8. The van der Waals surface area contributed by atoms with Crippen LogP contribution in [-0.4, -0.2) is 114 Å². The molecule has 4 aromatic heterocycles. The maximum atomic E-state index is 8.74. The van der Waals surface area contributed by atoms with Crippen molar-refractivity contribution in [2.24, 2.45) is 0 Å². The van der Waals surface area contributed by atoms with Crippen LogP contribution in [0.2, 0.25) is 133 Å². The monoisotopic (exact) mass is 1590 g/mol. The van der Waals surface area contributed by atoms with Crippen molar-refractivity contribution in [1.82, 2.24) is 38.2 Å². The quantitative estimate of drug-likeness (QED) is 0.0376. The molecule has 0 atom stereocenters. The molecule has 0 bridgehead atoms. The zero-order valence-corrected chi connectivity index (χ0v) is 67.9. The van der Waals surface area contributed by atoms with Crippen molar-refractivity contribution in [3.8, 4) is 22.5 Å². The molecule has 7 aromatic rings. The Bertz CT molecular complexity index is 3500. The van der Waals surface area contributed by atoms with Crippen molar-refractivity contribution < 1.29 is 29.0 Å². The molecule has 27 heteroatoms. The van der Waals surface area contributed by atoms with Gasteiger partial charge in [-0.15, -0.1) is 0 Å². The van der Waals surface area contributed by atoms with Gasteiger partial charge < -0.3 is 47.3 Å². The van der Waals surface area contributed by atoms with E-state index in [1.54, 1.807) is 12.1 Å². The van der Waals surface area contributed by atoms with E-state index in [0.29, 0.717) is 80.7 Å². The Hall–Kier alpha value is -2.11. The third-order valence-corrected chi connectivity index (χ3v) is 25.7. The summed E-state index contributed by atoms with van der Waals surface area (Å²) in [7, 11) is -5.66. The van der Waals surface area contributed by atoms with E-state index in [2.05, 4.69) is 149 Å². The lowest BCUT2D eigenvalue weighted by atomic mass is 9.80. The molecule has 4 saturated carbocycles. The summed E-state index contributed by atoms with van der Waals surface area (Å²) in [4.78, 5) is 18.0. The van der Waals surface area contributed by atoms with Gasteiger partial charge in [-0.05, 0) is 162 Å². The number of nitrogens with zero attached hydrogens (tertiary/aromatic N) is 8. The number of imidazole rings is 4. The van der Waals surface area contributed by atoms with Crippen LogP contribution in [0.4, 0.5) is 0 Å². The number of hydrogen-bond acceptors (Lipinski definition) is 10. The Balaban J connectivity index is 0.000000168. The van der Waals surface area contributed by atoms with Gasteiger partial charge in [0.25, 0.3) is 0 Å². The third kappa shape index (κ3) is 26.8. The minimum Gasteiger partial charge on any atom is -0.423 e. The van der Waals surface area contributed by atoms with Gasteiger partial charge >= 0.3 is 7.12 Å². The summed E-state index contributed by atoms with van der Waals surface area (Å²) in [6, 6.07) is 20.4. The maximum Gasteiger partial charge on any atom is 0.490 e. The summed E-state index contributed by atoms with van der Waals surface area (Å²) < 4.78 is 33.8. The van der Waals surface area contributed by atoms with E-state index in [1.807, 2.05) is 55.6 Å². The molecule has 510 valence electrons. The van der Waals surface area contributed by atoms with Gasteiger partial charge in [0.05, 0.1) is 69.5 Å². The Morgan fingerprint density at radius 3 is 1.27 bits per heavy atom. The molecule has 0 unspecified atom stereocenters. The van der Waals surface area contributed by atoms with Crippen LogP contribution in [0.1, 0.15) is 97.8 Å². The molecule has 14 nitrogen and oxygen atoms in total. The Kier molecular flexibility index (Phi) is 30.1. The molecule has 0 radical (unpaired) electrons. The summed E-state index contributed by atoms with van der Waals surface area (Å²) in [5.74, 6) is 2.48. The van der Waals surface area contributed by atoms with Gasteiger partial charge in [0.2, 0.25) is 0 Å². The van der Waals surface area contributed by atoms with Gasteiger partial charge in [-0.2, -0.15) is 0 Å². The molecule has 0 saturated heterocycles. The van der Waals surface area contributed by atoms with Crippen LogP contribution in [-0.2, 0) is 45.9 Å². The lowest BCUT2D eigenvalue weighted by molar-refractivity contribution is 0.0852. The lowest BCUT2D eigenvalue weighted by Gasteiger charge is -2.16. The first kappa shape index (κ1) is 78.2. The van der Waals surface area contributed by atoms with Gasteiger partial charge in [0.15, 0.2) is 0 Å². The van der Waals surface area contributed by atoms with Crippen molar-refractivity contribution >= 4 is 146 Å². The van der Waals surface area contributed by atoms with Crippen LogP contribution in [0.5, 0.6) is 0 Å². The molecular formula is C66H95BBr2Cl6N8O6Si4. The minimum atomic E-state index is -1.57. The van der Waals surface area contributed by atoms with Gasteiger partial charge in [-0.1, -0.05) is 148 Å². The third-order valence-electron chi connectivity index (χ3n) is 15.7. The van der Waals surface area contributed by atoms with E-state index in [9.17, 15) is 0 Å². The predicted molar refractivity (Wildman–Crippen MR) is 406 cm³/mol. The molecule has 4 aliphatic rings. The maximum absolute atomic E-state index is 8.74. The zero-order chi connectivity index (χ0) is 68.0. The number of aromatic nitrogens is 8. The molecule has 4 heterocycles. The van der Waals surface area contributed by atoms with E-state index in [4.69, 9.17) is 98.6 Å². The molecule has 0 amide bonds. The molecule has 0 spiro atoms. The molecule has 2 N–H and O–H groups in total. The summed E-state index contributed by atoms with van der Waals surface area (Å²) in [5, 5.41) is 21.0. The fraction of sp³-hybridized carbons (Fsp3) is 0.545. The topological polar surface area (TPSA) is 149 Å². The van der Waals surface area contributed by atoms with Gasteiger partial charge in [-0.25, -0.2) is 19.9 Å². The zero-order valence-electron chi connectivity index (χ0n) is 56.2. The van der Waals surface area contributed by atoms with E-state index in [-0.39, 0.29) is 5.46 Å². The number of benzene rings is 3. The van der Waals surface area contributed by atoms with E-state index >= 15 is 0 Å². The Morgan fingerprint density at radius 2 is 0.806 bits per heavy atom. The van der Waals surface area contributed by atoms with E-state index < -0.39 is 39.4 Å². The fourth-order valence-corrected chi connectivity index (χ4v) is 14.9. The smallest absolute Gasteiger partial charge is 0.423 e. The fourth-order valence-electron chi connectivity index (χ4n) is 9.50. The van der Waals surface area contributed by atoms with Crippen LogP contribution >= 0.6 is 101 Å². The van der Waals surface area contributed by atoms with Crippen LogP contribution in [0, 0.1) is 0 Å². The minimum absolute atomic E-state index is 0.221. The Morgan fingerprint density at radius 1 is 0.441 bits per heavy atom. The van der Waals surface area contributed by atoms with E-state index in [1.165, 1.54) is 98.7 Å². The largest absolute Gasteiger partial charge is 0.490 e. The van der Waals surface area contributed by atoms with Crippen LogP contribution < -0.4 is 5.46 Å². The molecule has 0 aliphatic heterocycles. The molecule has 3 aromatic carbocycles. The lowest BCUT2D eigenvalue weighted by Crippen LogP contribution is -2.30. The first-order valence-electron chi connectivity index (χ1n) is 32.3. The van der Waals surface area contributed by atoms with Gasteiger partial charge in [-0.3, -0.25) is 0 Å². The average molecular weight is 1590 g/mol. The molecule has 4 fully saturated rings. The number of rotatable bonds is 27.